The maximum absolute atomic E-state index is 13.1. The molecule has 0 atom stereocenters. The summed E-state index contributed by atoms with van der Waals surface area (Å²) in [6.45, 7) is 2.31. The van der Waals surface area contributed by atoms with Crippen LogP contribution in [0.25, 0.3) is 0 Å². The van der Waals surface area contributed by atoms with Crippen molar-refractivity contribution in [1.82, 2.24) is 5.32 Å². The SMILES string of the molecule is Cc1ccc(CNC(=O)c2ccccc2S(=O)(=O)N(C)c2ccccc2)cc1. The van der Waals surface area contributed by atoms with E-state index in [1.54, 1.807) is 36.4 Å². The van der Waals surface area contributed by atoms with Gasteiger partial charge in [-0.25, -0.2) is 8.42 Å². The zero-order valence-corrected chi connectivity index (χ0v) is 16.6. The molecule has 0 aliphatic rings. The number of rotatable bonds is 6. The zero-order valence-electron chi connectivity index (χ0n) is 15.8. The van der Waals surface area contributed by atoms with E-state index in [1.807, 2.05) is 37.3 Å². The molecule has 0 aliphatic carbocycles. The number of carbonyl (C=O) groups is 1. The van der Waals surface area contributed by atoms with Crippen LogP contribution in [0.1, 0.15) is 21.5 Å². The molecule has 0 unspecified atom stereocenters. The van der Waals surface area contributed by atoms with Gasteiger partial charge in [0.25, 0.3) is 15.9 Å². The molecule has 0 aliphatic heterocycles. The number of nitrogens with one attached hydrogen (secondary N) is 1. The molecule has 3 aromatic carbocycles. The summed E-state index contributed by atoms with van der Waals surface area (Å²) in [4.78, 5) is 12.7. The van der Waals surface area contributed by atoms with Crippen LogP contribution < -0.4 is 9.62 Å². The Morgan fingerprint density at radius 3 is 2.18 bits per heavy atom. The van der Waals surface area contributed by atoms with Crippen molar-refractivity contribution in [2.45, 2.75) is 18.4 Å². The summed E-state index contributed by atoms with van der Waals surface area (Å²) in [6.07, 6.45) is 0. The van der Waals surface area contributed by atoms with Gasteiger partial charge < -0.3 is 5.32 Å². The fraction of sp³-hybridized carbons (Fsp3) is 0.136. The van der Waals surface area contributed by atoms with E-state index in [0.717, 1.165) is 11.1 Å². The highest BCUT2D eigenvalue weighted by atomic mass is 32.2. The van der Waals surface area contributed by atoms with Gasteiger partial charge in [0.1, 0.15) is 4.90 Å². The van der Waals surface area contributed by atoms with Crippen LogP contribution in [0, 0.1) is 6.92 Å². The Hall–Kier alpha value is -3.12. The first-order valence-corrected chi connectivity index (χ1v) is 10.3. The third kappa shape index (κ3) is 4.23. The Balaban J connectivity index is 1.85. The quantitative estimate of drug-likeness (QED) is 0.692. The molecule has 0 bridgehead atoms. The average molecular weight is 394 g/mol. The summed E-state index contributed by atoms with van der Waals surface area (Å²) in [7, 11) is -2.41. The Morgan fingerprint density at radius 2 is 1.50 bits per heavy atom. The van der Waals surface area contributed by atoms with Crippen LogP contribution >= 0.6 is 0 Å². The van der Waals surface area contributed by atoms with E-state index in [4.69, 9.17) is 0 Å². The van der Waals surface area contributed by atoms with Gasteiger partial charge in [-0.3, -0.25) is 9.10 Å². The Bertz CT molecular complexity index is 1060. The molecule has 1 amide bonds. The van der Waals surface area contributed by atoms with Gasteiger partial charge in [0, 0.05) is 13.6 Å². The number of benzene rings is 3. The van der Waals surface area contributed by atoms with Gasteiger partial charge >= 0.3 is 0 Å². The van der Waals surface area contributed by atoms with Crippen molar-refractivity contribution in [1.29, 1.82) is 0 Å². The molecule has 6 heteroatoms. The minimum absolute atomic E-state index is 0.0252. The van der Waals surface area contributed by atoms with Crippen LogP contribution in [0.5, 0.6) is 0 Å². The van der Waals surface area contributed by atoms with Gasteiger partial charge in [-0.05, 0) is 36.8 Å². The summed E-state index contributed by atoms with van der Waals surface area (Å²) < 4.78 is 27.4. The largest absolute Gasteiger partial charge is 0.348 e. The van der Waals surface area contributed by atoms with Gasteiger partial charge in [-0.1, -0.05) is 60.2 Å². The van der Waals surface area contributed by atoms with Gasteiger partial charge in [-0.15, -0.1) is 0 Å². The minimum Gasteiger partial charge on any atom is -0.348 e. The first kappa shape index (κ1) is 19.6. The van der Waals surface area contributed by atoms with Crippen molar-refractivity contribution in [3.63, 3.8) is 0 Å². The number of amides is 1. The second kappa shape index (κ2) is 8.27. The molecular weight excluding hydrogens is 372 g/mol. The number of nitrogens with zero attached hydrogens (tertiary/aromatic N) is 1. The van der Waals surface area contributed by atoms with Crippen molar-refractivity contribution in [3.05, 3.63) is 95.6 Å². The number of carbonyl (C=O) groups excluding carboxylic acids is 1. The van der Waals surface area contributed by atoms with Crippen LogP contribution in [0.15, 0.2) is 83.8 Å². The lowest BCUT2D eigenvalue weighted by molar-refractivity contribution is 0.0947. The normalized spacial score (nSPS) is 11.1. The van der Waals surface area contributed by atoms with Gasteiger partial charge in [-0.2, -0.15) is 0 Å². The minimum atomic E-state index is -3.88. The van der Waals surface area contributed by atoms with Crippen LogP contribution in [0.4, 0.5) is 5.69 Å². The summed E-state index contributed by atoms with van der Waals surface area (Å²) >= 11 is 0. The molecule has 0 saturated heterocycles. The molecule has 0 heterocycles. The molecule has 5 nitrogen and oxygen atoms in total. The molecule has 3 rings (SSSR count). The number of hydrogen-bond acceptors (Lipinski definition) is 3. The molecule has 0 radical (unpaired) electrons. The van der Waals surface area contributed by atoms with Gasteiger partial charge in [0.05, 0.1) is 11.3 Å². The number of sulfonamides is 1. The lowest BCUT2D eigenvalue weighted by atomic mass is 10.1. The van der Waals surface area contributed by atoms with Crippen molar-refractivity contribution in [2.24, 2.45) is 0 Å². The Kier molecular flexibility index (Phi) is 5.80. The molecule has 3 aromatic rings. The third-order valence-corrected chi connectivity index (χ3v) is 6.31. The maximum atomic E-state index is 13.1. The van der Waals surface area contributed by atoms with E-state index < -0.39 is 15.9 Å². The molecule has 1 N–H and O–H groups in total. The molecule has 0 fully saturated rings. The van der Waals surface area contributed by atoms with Crippen LogP contribution in [-0.2, 0) is 16.6 Å². The Morgan fingerprint density at radius 1 is 0.893 bits per heavy atom. The second-order valence-electron chi connectivity index (χ2n) is 6.47. The van der Waals surface area contributed by atoms with E-state index in [2.05, 4.69) is 5.32 Å². The lowest BCUT2D eigenvalue weighted by Crippen LogP contribution is -2.30. The topological polar surface area (TPSA) is 66.5 Å². The average Bonchev–Trinajstić information content (AvgIpc) is 2.73. The number of para-hydroxylation sites is 1. The fourth-order valence-corrected chi connectivity index (χ4v) is 4.17. The smallest absolute Gasteiger partial charge is 0.264 e. The number of aryl methyl sites for hydroxylation is 1. The van der Waals surface area contributed by atoms with Crippen molar-refractivity contribution in [2.75, 3.05) is 11.4 Å². The predicted octanol–water partition coefficient (Wildman–Crippen LogP) is 3.75. The zero-order chi connectivity index (χ0) is 20.1. The van der Waals surface area contributed by atoms with Crippen LogP contribution in [0.2, 0.25) is 0 Å². The fourth-order valence-electron chi connectivity index (χ4n) is 2.79. The van der Waals surface area contributed by atoms with E-state index in [0.29, 0.717) is 12.2 Å². The molecule has 28 heavy (non-hydrogen) atoms. The summed E-state index contributed by atoms with van der Waals surface area (Å²) in [5.74, 6) is -0.429. The molecule has 144 valence electrons. The van der Waals surface area contributed by atoms with E-state index in [-0.39, 0.29) is 10.5 Å². The van der Waals surface area contributed by atoms with Crippen LogP contribution in [0.3, 0.4) is 0 Å². The number of hydrogen-bond donors (Lipinski definition) is 1. The summed E-state index contributed by atoms with van der Waals surface area (Å²) in [6, 6.07) is 22.8. The van der Waals surface area contributed by atoms with Gasteiger partial charge in [0.15, 0.2) is 0 Å². The molecule has 0 spiro atoms. The predicted molar refractivity (Wildman–Crippen MR) is 111 cm³/mol. The first-order valence-electron chi connectivity index (χ1n) is 8.86. The standard InChI is InChI=1S/C22H22N2O3S/c1-17-12-14-18(15-13-17)16-23-22(25)20-10-6-7-11-21(20)28(26,27)24(2)19-8-4-3-5-9-19/h3-15H,16H2,1-2H3,(H,23,25). The van der Waals surface area contributed by atoms with Gasteiger partial charge in [0.2, 0.25) is 0 Å². The highest BCUT2D eigenvalue weighted by Crippen LogP contribution is 2.24. The Labute approximate surface area is 165 Å². The van der Waals surface area contributed by atoms with E-state index >= 15 is 0 Å². The highest BCUT2D eigenvalue weighted by Gasteiger charge is 2.26. The summed E-state index contributed by atoms with van der Waals surface area (Å²) in [5, 5.41) is 2.80. The summed E-state index contributed by atoms with van der Waals surface area (Å²) in [5.41, 5.74) is 2.73. The van der Waals surface area contributed by atoms with Crippen molar-refractivity contribution in [3.8, 4) is 0 Å². The lowest BCUT2D eigenvalue weighted by Gasteiger charge is -2.21. The maximum Gasteiger partial charge on any atom is 0.264 e. The van der Waals surface area contributed by atoms with E-state index in [1.165, 1.54) is 23.5 Å². The molecule has 0 saturated carbocycles. The highest BCUT2D eigenvalue weighted by molar-refractivity contribution is 7.92. The molecular formula is C22H22N2O3S. The van der Waals surface area contributed by atoms with Crippen molar-refractivity contribution >= 4 is 21.6 Å². The molecule has 0 aromatic heterocycles. The first-order chi connectivity index (χ1) is 13.4. The number of anilines is 1. The van der Waals surface area contributed by atoms with Crippen molar-refractivity contribution < 1.29 is 13.2 Å². The second-order valence-corrected chi connectivity index (χ2v) is 8.41. The van der Waals surface area contributed by atoms with E-state index in [9.17, 15) is 13.2 Å². The van der Waals surface area contributed by atoms with Crippen LogP contribution in [-0.4, -0.2) is 21.4 Å². The monoisotopic (exact) mass is 394 g/mol. The third-order valence-electron chi connectivity index (χ3n) is 4.46.